The number of carboxylic acid groups (broad SMARTS) is 1. The van der Waals surface area contributed by atoms with Gasteiger partial charge in [-0.05, 0) is 19.8 Å². The highest BCUT2D eigenvalue weighted by Crippen LogP contribution is 2.14. The van der Waals surface area contributed by atoms with Crippen molar-refractivity contribution in [2.75, 3.05) is 20.6 Å². The third-order valence-corrected chi connectivity index (χ3v) is 5.56. The Balaban J connectivity index is 0. The van der Waals surface area contributed by atoms with Crippen LogP contribution in [0.5, 0.6) is 0 Å². The van der Waals surface area contributed by atoms with E-state index in [4.69, 9.17) is 10.2 Å². The Bertz CT molecular complexity index is 428. The molecular formula is C26H54N2O4. The monoisotopic (exact) mass is 458 g/mol. The molecule has 0 aliphatic heterocycles. The largest absolute Gasteiger partial charge is 0.479 e. The fourth-order valence-corrected chi connectivity index (χ4v) is 3.54. The summed E-state index contributed by atoms with van der Waals surface area (Å²) in [4.78, 5) is 21.6. The van der Waals surface area contributed by atoms with E-state index in [2.05, 4.69) is 13.8 Å². The summed E-state index contributed by atoms with van der Waals surface area (Å²) in [5.74, 6) is -0.901. The summed E-state index contributed by atoms with van der Waals surface area (Å²) >= 11 is 0. The van der Waals surface area contributed by atoms with Gasteiger partial charge in [0, 0.05) is 27.1 Å². The first-order chi connectivity index (χ1) is 15.3. The van der Waals surface area contributed by atoms with Crippen molar-refractivity contribution in [1.29, 1.82) is 0 Å². The molecule has 6 nitrogen and oxygen atoms in total. The minimum absolute atomic E-state index is 0.284. The molecule has 0 aromatic rings. The average Bonchev–Trinajstić information content (AvgIpc) is 2.74. The molecule has 0 aliphatic rings. The maximum absolute atomic E-state index is 12.2. The molecule has 0 saturated heterocycles. The Labute approximate surface area is 198 Å². The fraction of sp³-hybridized carbons (Fsp3) is 0.923. The van der Waals surface area contributed by atoms with E-state index in [9.17, 15) is 9.59 Å². The van der Waals surface area contributed by atoms with Gasteiger partial charge in [0.05, 0.1) is 0 Å². The highest BCUT2D eigenvalue weighted by molar-refractivity contribution is 5.75. The second-order valence-electron chi connectivity index (χ2n) is 9.08. The van der Waals surface area contributed by atoms with E-state index in [1.807, 2.05) is 24.1 Å². The Morgan fingerprint density at radius 3 is 1.31 bits per heavy atom. The summed E-state index contributed by atoms with van der Waals surface area (Å²) in [6, 6.07) is 0. The number of aliphatic hydroxyl groups excluding tert-OH is 1. The molecule has 2 N–H and O–H groups in total. The van der Waals surface area contributed by atoms with Crippen molar-refractivity contribution in [3.8, 4) is 0 Å². The van der Waals surface area contributed by atoms with E-state index in [1.165, 1.54) is 96.8 Å². The number of carbonyl (C=O) groups excluding carboxylic acids is 1. The van der Waals surface area contributed by atoms with E-state index in [-0.39, 0.29) is 5.91 Å². The first-order valence-corrected chi connectivity index (χ1v) is 13.2. The number of nitrogens with zero attached hydrogens (tertiary/aromatic N) is 2. The van der Waals surface area contributed by atoms with Crippen molar-refractivity contribution in [2.45, 2.75) is 136 Å². The lowest BCUT2D eigenvalue weighted by atomic mass is 10.0. The fourth-order valence-electron chi connectivity index (χ4n) is 3.54. The minimum Gasteiger partial charge on any atom is -0.479 e. The molecule has 0 fully saturated rings. The highest BCUT2D eigenvalue weighted by atomic mass is 16.4. The van der Waals surface area contributed by atoms with Crippen LogP contribution in [0, 0.1) is 0 Å². The van der Waals surface area contributed by atoms with Gasteiger partial charge in [-0.2, -0.15) is 0 Å². The number of unbranched alkanes of at least 4 members (excludes halogenated alkanes) is 14. The summed E-state index contributed by atoms with van der Waals surface area (Å²) < 4.78 is 0. The third-order valence-electron chi connectivity index (χ3n) is 5.56. The lowest BCUT2D eigenvalue weighted by Crippen LogP contribution is -2.42. The summed E-state index contributed by atoms with van der Waals surface area (Å²) in [7, 11) is 3.92. The number of hydrogen-bond donors (Lipinski definition) is 2. The highest BCUT2D eigenvalue weighted by Gasteiger charge is 2.13. The first kappa shape index (κ1) is 33.0. The van der Waals surface area contributed by atoms with Gasteiger partial charge in [0.1, 0.15) is 6.10 Å². The summed E-state index contributed by atoms with van der Waals surface area (Å²) in [5, 5.41) is 19.6. The van der Waals surface area contributed by atoms with E-state index >= 15 is 0 Å². The zero-order chi connectivity index (χ0) is 24.6. The Hall–Kier alpha value is -1.14. The van der Waals surface area contributed by atoms with Crippen LogP contribution in [-0.4, -0.2) is 58.9 Å². The molecule has 192 valence electrons. The maximum atomic E-state index is 12.2. The van der Waals surface area contributed by atoms with E-state index in [0.29, 0.717) is 6.42 Å². The van der Waals surface area contributed by atoms with Crippen LogP contribution in [0.1, 0.15) is 130 Å². The van der Waals surface area contributed by atoms with Crippen LogP contribution in [0.2, 0.25) is 0 Å². The molecule has 0 rings (SSSR count). The predicted molar refractivity (Wildman–Crippen MR) is 135 cm³/mol. The topological polar surface area (TPSA) is 81.1 Å². The van der Waals surface area contributed by atoms with Crippen LogP contribution < -0.4 is 0 Å². The lowest BCUT2D eigenvalue weighted by Gasteiger charge is -2.28. The minimum atomic E-state index is -1.23. The van der Waals surface area contributed by atoms with Crippen LogP contribution >= 0.6 is 0 Å². The molecule has 1 unspecified atom stereocenters. The van der Waals surface area contributed by atoms with Gasteiger partial charge in [0.25, 0.3) is 0 Å². The Kier molecular flexibility index (Phi) is 25.3. The SMILES string of the molecule is CC(O)C(=O)O.CCCCCCCCCCCCCCCCCC(=O)N(CCC)N(C)C. The Morgan fingerprint density at radius 2 is 1.03 bits per heavy atom. The van der Waals surface area contributed by atoms with Crippen LogP contribution in [0.3, 0.4) is 0 Å². The number of rotatable bonds is 20. The molecule has 0 aromatic carbocycles. The van der Waals surface area contributed by atoms with Crippen molar-refractivity contribution in [3.05, 3.63) is 0 Å². The molecule has 0 aromatic heterocycles. The van der Waals surface area contributed by atoms with E-state index < -0.39 is 12.1 Å². The summed E-state index contributed by atoms with van der Waals surface area (Å²) in [5.41, 5.74) is 0. The third kappa shape index (κ3) is 23.5. The number of hydrazine groups is 1. The van der Waals surface area contributed by atoms with E-state index in [1.54, 1.807) is 0 Å². The van der Waals surface area contributed by atoms with Gasteiger partial charge in [-0.15, -0.1) is 0 Å². The zero-order valence-electron chi connectivity index (χ0n) is 21.9. The summed E-state index contributed by atoms with van der Waals surface area (Å²) in [6.07, 6.45) is 21.0. The molecule has 0 spiro atoms. The van der Waals surface area contributed by atoms with Crippen LogP contribution in [0.15, 0.2) is 0 Å². The predicted octanol–water partition coefficient (Wildman–Crippen LogP) is 6.41. The first-order valence-electron chi connectivity index (χ1n) is 13.2. The van der Waals surface area contributed by atoms with E-state index in [0.717, 1.165) is 19.4 Å². The van der Waals surface area contributed by atoms with Crippen molar-refractivity contribution in [1.82, 2.24) is 10.0 Å². The van der Waals surface area contributed by atoms with Crippen molar-refractivity contribution in [3.63, 3.8) is 0 Å². The molecule has 1 amide bonds. The zero-order valence-corrected chi connectivity index (χ0v) is 21.9. The van der Waals surface area contributed by atoms with Crippen molar-refractivity contribution >= 4 is 11.9 Å². The summed E-state index contributed by atoms with van der Waals surface area (Å²) in [6.45, 7) is 6.44. The number of carbonyl (C=O) groups is 2. The van der Waals surface area contributed by atoms with Crippen molar-refractivity contribution < 1.29 is 19.8 Å². The molecular weight excluding hydrogens is 404 g/mol. The lowest BCUT2D eigenvalue weighted by molar-refractivity contribution is -0.146. The maximum Gasteiger partial charge on any atom is 0.332 e. The molecule has 32 heavy (non-hydrogen) atoms. The second-order valence-corrected chi connectivity index (χ2v) is 9.08. The number of aliphatic carboxylic acids is 1. The second kappa shape index (κ2) is 24.5. The number of aliphatic hydroxyl groups is 1. The average molecular weight is 459 g/mol. The van der Waals surface area contributed by atoms with Crippen LogP contribution in [0.25, 0.3) is 0 Å². The smallest absolute Gasteiger partial charge is 0.332 e. The van der Waals surface area contributed by atoms with Gasteiger partial charge in [-0.1, -0.05) is 104 Å². The van der Waals surface area contributed by atoms with Crippen LogP contribution in [-0.2, 0) is 9.59 Å². The van der Waals surface area contributed by atoms with Gasteiger partial charge >= 0.3 is 5.97 Å². The number of carboxylic acids is 1. The Morgan fingerprint density at radius 1 is 0.688 bits per heavy atom. The van der Waals surface area contributed by atoms with Gasteiger partial charge in [0.2, 0.25) is 5.91 Å². The number of amides is 1. The normalized spacial score (nSPS) is 11.7. The molecule has 1 atom stereocenters. The molecule has 0 heterocycles. The molecule has 0 radical (unpaired) electrons. The van der Waals surface area contributed by atoms with Gasteiger partial charge in [-0.25, -0.2) is 9.80 Å². The molecule has 0 aliphatic carbocycles. The van der Waals surface area contributed by atoms with Gasteiger partial charge in [0.15, 0.2) is 0 Å². The quantitative estimate of drug-likeness (QED) is 0.163. The molecule has 6 heteroatoms. The molecule has 0 bridgehead atoms. The van der Waals surface area contributed by atoms with Crippen molar-refractivity contribution in [2.24, 2.45) is 0 Å². The standard InChI is InChI=1S/C23H48N2O.C3H6O3/c1-5-7-8-9-10-11-12-13-14-15-16-17-18-19-20-21-23(26)25(22-6-2)24(3)4;1-2(4)3(5)6/h5-22H2,1-4H3;2,4H,1H3,(H,5,6). The van der Waals surface area contributed by atoms with Crippen LogP contribution in [0.4, 0.5) is 0 Å². The molecule has 0 saturated carbocycles. The van der Waals surface area contributed by atoms with Gasteiger partial charge in [-0.3, -0.25) is 9.80 Å². The number of hydrogen-bond acceptors (Lipinski definition) is 4. The van der Waals surface area contributed by atoms with Gasteiger partial charge < -0.3 is 10.2 Å².